The maximum atomic E-state index is 12.5. The number of anilines is 1. The van der Waals surface area contributed by atoms with Gasteiger partial charge in [0.1, 0.15) is 0 Å². The highest BCUT2D eigenvalue weighted by Gasteiger charge is 2.45. The molecular formula is C13H17N3O6. The van der Waals surface area contributed by atoms with E-state index in [1.54, 1.807) is 13.8 Å². The first kappa shape index (κ1) is 16.1. The fourth-order valence-electron chi connectivity index (χ4n) is 2.10. The van der Waals surface area contributed by atoms with E-state index in [2.05, 4.69) is 4.98 Å². The first-order valence-corrected chi connectivity index (χ1v) is 6.52. The zero-order valence-corrected chi connectivity index (χ0v) is 12.7. The highest BCUT2D eigenvalue weighted by Crippen LogP contribution is 2.37. The predicted octanol–water partition coefficient (Wildman–Crippen LogP) is 1.11. The van der Waals surface area contributed by atoms with Crippen molar-refractivity contribution in [2.45, 2.75) is 25.7 Å². The van der Waals surface area contributed by atoms with Crippen LogP contribution in [0.25, 0.3) is 0 Å². The molecule has 0 atom stereocenters. The maximum Gasteiger partial charge on any atom is 0.366 e. The molecule has 0 saturated heterocycles. The highest BCUT2D eigenvalue weighted by atomic mass is 16.7. The van der Waals surface area contributed by atoms with Crippen LogP contribution in [0.5, 0.6) is 5.75 Å². The first-order chi connectivity index (χ1) is 10.3. The van der Waals surface area contributed by atoms with Crippen molar-refractivity contribution >= 4 is 17.5 Å². The van der Waals surface area contributed by atoms with Gasteiger partial charge in [0.25, 0.3) is 11.7 Å². The Morgan fingerprint density at radius 3 is 2.59 bits per heavy atom. The second-order valence-electron chi connectivity index (χ2n) is 5.18. The van der Waals surface area contributed by atoms with Gasteiger partial charge in [-0.1, -0.05) is 0 Å². The maximum absolute atomic E-state index is 12.5. The number of hydrogen-bond acceptors (Lipinski definition) is 7. The fourth-order valence-corrected chi connectivity index (χ4v) is 2.10. The van der Waals surface area contributed by atoms with Gasteiger partial charge < -0.3 is 24.3 Å². The third kappa shape index (κ3) is 2.85. The molecule has 0 N–H and O–H groups in total. The van der Waals surface area contributed by atoms with Crippen LogP contribution in [0.15, 0.2) is 12.1 Å². The van der Waals surface area contributed by atoms with E-state index in [-0.39, 0.29) is 24.1 Å². The molecule has 22 heavy (non-hydrogen) atoms. The van der Waals surface area contributed by atoms with Crippen molar-refractivity contribution in [1.29, 1.82) is 0 Å². The van der Waals surface area contributed by atoms with E-state index in [9.17, 15) is 14.9 Å². The third-order valence-corrected chi connectivity index (χ3v) is 3.25. The van der Waals surface area contributed by atoms with Gasteiger partial charge in [-0.15, -0.1) is 0 Å². The molecule has 0 spiro atoms. The van der Waals surface area contributed by atoms with E-state index < -0.39 is 16.8 Å². The number of fused-ring (bicyclic) bond motifs is 1. The summed E-state index contributed by atoms with van der Waals surface area (Å²) in [5.74, 6) is -0.378. The molecule has 120 valence electrons. The van der Waals surface area contributed by atoms with Gasteiger partial charge in [0, 0.05) is 20.3 Å². The average Bonchev–Trinajstić information content (AvgIpc) is 2.47. The summed E-state index contributed by atoms with van der Waals surface area (Å²) in [6.07, 6.45) is -0.688. The zero-order valence-electron chi connectivity index (χ0n) is 12.7. The van der Waals surface area contributed by atoms with E-state index in [1.165, 1.54) is 31.3 Å². The van der Waals surface area contributed by atoms with Crippen molar-refractivity contribution in [1.82, 2.24) is 4.98 Å². The Bertz CT molecular complexity index is 599. The summed E-state index contributed by atoms with van der Waals surface area (Å²) in [5, 5.41) is 10.9. The molecule has 0 unspecified atom stereocenters. The molecule has 1 aliphatic rings. The minimum atomic E-state index is -1.11. The number of nitro groups is 1. The molecular weight excluding hydrogens is 294 g/mol. The van der Waals surface area contributed by atoms with Crippen LogP contribution < -0.4 is 9.64 Å². The van der Waals surface area contributed by atoms with E-state index in [0.29, 0.717) is 5.75 Å². The Balaban J connectivity index is 2.48. The molecule has 1 aromatic heterocycles. The number of amides is 1. The molecule has 0 bridgehead atoms. The largest absolute Gasteiger partial charge is 0.472 e. The Labute approximate surface area is 126 Å². The Morgan fingerprint density at radius 2 is 2.05 bits per heavy atom. The smallest absolute Gasteiger partial charge is 0.366 e. The topological polar surface area (TPSA) is 104 Å². The van der Waals surface area contributed by atoms with Gasteiger partial charge >= 0.3 is 5.82 Å². The number of aromatic nitrogens is 1. The Kier molecular flexibility index (Phi) is 4.29. The fraction of sp³-hybridized carbons (Fsp3) is 0.538. The number of pyridine rings is 1. The average molecular weight is 311 g/mol. The summed E-state index contributed by atoms with van der Waals surface area (Å²) < 4.78 is 15.8. The summed E-state index contributed by atoms with van der Waals surface area (Å²) in [6, 6.07) is 2.66. The van der Waals surface area contributed by atoms with Crippen molar-refractivity contribution < 1.29 is 23.9 Å². The van der Waals surface area contributed by atoms with Crippen LogP contribution in [0.1, 0.15) is 13.8 Å². The van der Waals surface area contributed by atoms with Crippen molar-refractivity contribution in [3.8, 4) is 5.75 Å². The Hall–Kier alpha value is -2.26. The summed E-state index contributed by atoms with van der Waals surface area (Å²) >= 11 is 0. The third-order valence-electron chi connectivity index (χ3n) is 3.25. The molecule has 0 aliphatic carbocycles. The summed E-state index contributed by atoms with van der Waals surface area (Å²) in [4.78, 5) is 28.0. The van der Waals surface area contributed by atoms with Crippen LogP contribution in [-0.4, -0.2) is 48.5 Å². The van der Waals surface area contributed by atoms with E-state index in [1.807, 2.05) is 0 Å². The highest BCUT2D eigenvalue weighted by molar-refractivity contribution is 6.01. The number of carbonyl (C=O) groups excluding carboxylic acids is 1. The van der Waals surface area contributed by atoms with E-state index in [0.717, 1.165) is 0 Å². The van der Waals surface area contributed by atoms with Gasteiger partial charge in [0.05, 0.1) is 6.54 Å². The lowest BCUT2D eigenvalue weighted by Crippen LogP contribution is -2.55. The van der Waals surface area contributed by atoms with Crippen LogP contribution >= 0.6 is 0 Å². The zero-order chi connectivity index (χ0) is 16.5. The van der Waals surface area contributed by atoms with Crippen LogP contribution in [-0.2, 0) is 14.3 Å². The molecule has 1 aliphatic heterocycles. The van der Waals surface area contributed by atoms with Crippen LogP contribution in [0, 0.1) is 10.1 Å². The van der Waals surface area contributed by atoms with Gasteiger partial charge in [-0.2, -0.15) is 0 Å². The molecule has 0 fully saturated rings. The molecule has 1 aromatic rings. The number of ether oxygens (including phenoxy) is 3. The SMILES string of the molecule is COC(CN1C(=O)C(C)(C)Oc2ccc([N+](=O)[O-])nc21)OC. The van der Waals surface area contributed by atoms with Crippen molar-refractivity contribution in [2.24, 2.45) is 0 Å². The standard InChI is InChI=1S/C13H17N3O6/c1-13(2)12(17)15(7-10(20-3)21-4)11-8(22-13)5-6-9(14-11)16(18)19/h5-6,10H,7H2,1-4H3. The Morgan fingerprint density at radius 1 is 1.41 bits per heavy atom. The van der Waals surface area contributed by atoms with Crippen molar-refractivity contribution in [3.05, 3.63) is 22.2 Å². The summed E-state index contributed by atoms with van der Waals surface area (Å²) in [5.41, 5.74) is -1.11. The predicted molar refractivity (Wildman–Crippen MR) is 75.8 cm³/mol. The van der Waals surface area contributed by atoms with Gasteiger partial charge in [-0.05, 0) is 29.8 Å². The second-order valence-corrected chi connectivity index (χ2v) is 5.18. The summed E-state index contributed by atoms with van der Waals surface area (Å²) in [7, 11) is 2.87. The lowest BCUT2D eigenvalue weighted by molar-refractivity contribution is -0.389. The molecule has 0 saturated carbocycles. The first-order valence-electron chi connectivity index (χ1n) is 6.52. The van der Waals surface area contributed by atoms with Gasteiger partial charge in [0.15, 0.2) is 17.6 Å². The minimum Gasteiger partial charge on any atom is -0.472 e. The monoisotopic (exact) mass is 311 g/mol. The molecule has 9 nitrogen and oxygen atoms in total. The van der Waals surface area contributed by atoms with Crippen LogP contribution in [0.4, 0.5) is 11.6 Å². The number of carbonyl (C=O) groups is 1. The van der Waals surface area contributed by atoms with E-state index in [4.69, 9.17) is 14.2 Å². The minimum absolute atomic E-state index is 0.0415. The number of methoxy groups -OCH3 is 2. The number of nitrogens with zero attached hydrogens (tertiary/aromatic N) is 3. The van der Waals surface area contributed by atoms with Gasteiger partial charge in [-0.25, -0.2) is 0 Å². The lowest BCUT2D eigenvalue weighted by Gasteiger charge is -2.36. The molecule has 0 aromatic carbocycles. The van der Waals surface area contributed by atoms with Gasteiger partial charge in [0.2, 0.25) is 0 Å². The van der Waals surface area contributed by atoms with Crippen LogP contribution in [0.2, 0.25) is 0 Å². The molecule has 2 rings (SSSR count). The van der Waals surface area contributed by atoms with Gasteiger partial charge in [-0.3, -0.25) is 9.69 Å². The number of rotatable bonds is 5. The molecule has 2 heterocycles. The molecule has 1 amide bonds. The van der Waals surface area contributed by atoms with Crippen molar-refractivity contribution in [2.75, 3.05) is 25.7 Å². The number of hydrogen-bond donors (Lipinski definition) is 0. The van der Waals surface area contributed by atoms with Crippen molar-refractivity contribution in [3.63, 3.8) is 0 Å². The molecule has 9 heteroatoms. The molecule has 0 radical (unpaired) electrons. The summed E-state index contributed by atoms with van der Waals surface area (Å²) in [6.45, 7) is 3.27. The lowest BCUT2D eigenvalue weighted by atomic mass is 10.1. The second kappa shape index (κ2) is 5.85. The van der Waals surface area contributed by atoms with E-state index >= 15 is 0 Å². The quantitative estimate of drug-likeness (QED) is 0.456. The van der Waals surface area contributed by atoms with Crippen LogP contribution in [0.3, 0.4) is 0 Å². The normalized spacial score (nSPS) is 16.4.